The van der Waals surface area contributed by atoms with Crippen LogP contribution >= 0.6 is 0 Å². The molecule has 35 heavy (non-hydrogen) atoms. The van der Waals surface area contributed by atoms with E-state index in [2.05, 4.69) is 30.6 Å². The molecule has 2 aromatic carbocycles. The summed E-state index contributed by atoms with van der Waals surface area (Å²) in [5.74, 6) is 0.434. The Morgan fingerprint density at radius 3 is 2.20 bits per heavy atom. The average Bonchev–Trinajstić information content (AvgIpc) is 3.45. The molecule has 0 atom stereocenters. The van der Waals surface area contributed by atoms with Gasteiger partial charge in [0.25, 0.3) is 0 Å². The Labute approximate surface area is 204 Å². The maximum Gasteiger partial charge on any atom is 0.243 e. The minimum atomic E-state index is -3.48. The van der Waals surface area contributed by atoms with Crippen molar-refractivity contribution in [1.29, 1.82) is 0 Å². The Morgan fingerprint density at radius 1 is 0.857 bits per heavy atom. The van der Waals surface area contributed by atoms with Crippen LogP contribution in [0.2, 0.25) is 0 Å². The van der Waals surface area contributed by atoms with E-state index in [1.807, 2.05) is 36.4 Å². The summed E-state index contributed by atoms with van der Waals surface area (Å²) >= 11 is 0. The van der Waals surface area contributed by atoms with E-state index in [1.54, 1.807) is 49.2 Å². The topological polar surface area (TPSA) is 116 Å². The maximum absolute atomic E-state index is 12.8. The van der Waals surface area contributed by atoms with E-state index in [-0.39, 0.29) is 4.90 Å². The molecule has 0 aliphatic carbocycles. The number of nitrogens with one attached hydrogen (secondary N) is 3. The molecule has 0 radical (unpaired) electrons. The number of piperazine rings is 1. The number of sulfonamides is 1. The molecule has 0 amide bonds. The van der Waals surface area contributed by atoms with Gasteiger partial charge in [0.2, 0.25) is 16.0 Å². The molecule has 0 unspecified atom stereocenters. The first kappa shape index (κ1) is 22.9. The van der Waals surface area contributed by atoms with Crippen molar-refractivity contribution in [2.24, 2.45) is 0 Å². The van der Waals surface area contributed by atoms with Gasteiger partial charge in [-0.1, -0.05) is 36.4 Å². The normalized spacial score (nSPS) is 14.9. The maximum atomic E-state index is 12.8. The molecular weight excluding hydrogens is 462 g/mol. The monoisotopic (exact) mass is 487 g/mol. The highest BCUT2D eigenvalue weighted by atomic mass is 32.2. The first-order valence-electron chi connectivity index (χ1n) is 11.2. The van der Waals surface area contributed by atoms with Gasteiger partial charge in [0.05, 0.1) is 23.1 Å². The zero-order valence-electron chi connectivity index (χ0n) is 18.9. The van der Waals surface area contributed by atoms with Gasteiger partial charge < -0.3 is 15.6 Å². The van der Waals surface area contributed by atoms with E-state index < -0.39 is 10.0 Å². The van der Waals surface area contributed by atoms with Gasteiger partial charge in [0.1, 0.15) is 0 Å². The van der Waals surface area contributed by atoms with Gasteiger partial charge in [0.15, 0.2) is 0 Å². The van der Waals surface area contributed by atoms with Gasteiger partial charge in [-0.3, -0.25) is 0 Å². The molecule has 178 valence electrons. The van der Waals surface area contributed by atoms with E-state index in [4.69, 9.17) is 0 Å². The number of imidazole rings is 1. The molecule has 0 saturated carbocycles. The van der Waals surface area contributed by atoms with Crippen molar-refractivity contribution in [2.45, 2.75) is 4.90 Å². The van der Waals surface area contributed by atoms with Crippen molar-refractivity contribution in [3.63, 3.8) is 0 Å². The molecule has 1 aliphatic rings. The first-order valence-corrected chi connectivity index (χ1v) is 12.7. The highest BCUT2D eigenvalue weighted by molar-refractivity contribution is 7.89. The quantitative estimate of drug-likeness (QED) is 0.366. The second-order valence-corrected chi connectivity index (χ2v) is 10.0. The summed E-state index contributed by atoms with van der Waals surface area (Å²) in [4.78, 5) is 16.1. The van der Waals surface area contributed by atoms with Crippen LogP contribution in [0.25, 0.3) is 23.4 Å². The summed E-state index contributed by atoms with van der Waals surface area (Å²) in [7, 11) is -3.48. The Morgan fingerprint density at radius 2 is 1.54 bits per heavy atom. The lowest BCUT2D eigenvalue weighted by molar-refractivity contribution is 0.360. The standard InChI is InChI=1S/C25H25N7O2S/c33-35(34,32-13-11-26-12-14-32)23-9-7-22(8-10-23)31-25-28-15-20(16-29-25)2-1-19-3-5-21(6-4-19)24-17-27-18-30-24/h1-10,15-18,26H,11-14H2,(H,27,30)(H,28,29,31)/b2-1+. The van der Waals surface area contributed by atoms with Gasteiger partial charge in [-0.05, 0) is 35.4 Å². The highest BCUT2D eigenvalue weighted by Crippen LogP contribution is 2.21. The lowest BCUT2D eigenvalue weighted by Gasteiger charge is -2.26. The molecule has 9 nitrogen and oxygen atoms in total. The molecule has 1 fully saturated rings. The summed E-state index contributed by atoms with van der Waals surface area (Å²) in [6, 6.07) is 14.8. The number of rotatable bonds is 7. The van der Waals surface area contributed by atoms with Crippen molar-refractivity contribution >= 4 is 33.8 Å². The van der Waals surface area contributed by atoms with Crippen molar-refractivity contribution in [3.8, 4) is 11.3 Å². The fourth-order valence-corrected chi connectivity index (χ4v) is 5.18. The molecule has 3 N–H and O–H groups in total. The van der Waals surface area contributed by atoms with Crippen LogP contribution < -0.4 is 10.6 Å². The number of H-pyrrole nitrogens is 1. The zero-order valence-corrected chi connectivity index (χ0v) is 19.7. The molecule has 3 heterocycles. The van der Waals surface area contributed by atoms with Crippen molar-refractivity contribution in [3.05, 3.63) is 84.6 Å². The Hall–Kier alpha value is -3.86. The molecule has 1 aliphatic heterocycles. The summed E-state index contributed by atoms with van der Waals surface area (Å²) in [6.45, 7) is 2.29. The molecule has 5 rings (SSSR count). The van der Waals surface area contributed by atoms with E-state index >= 15 is 0 Å². The minimum Gasteiger partial charge on any atom is -0.345 e. The van der Waals surface area contributed by atoms with Gasteiger partial charge in [-0.2, -0.15) is 4.31 Å². The molecule has 0 spiro atoms. The summed E-state index contributed by atoms with van der Waals surface area (Å²) in [5.41, 5.74) is 4.70. The number of hydrogen-bond acceptors (Lipinski definition) is 7. The van der Waals surface area contributed by atoms with Crippen molar-refractivity contribution < 1.29 is 8.42 Å². The zero-order chi connectivity index (χ0) is 24.1. The third kappa shape index (κ3) is 5.46. The number of nitrogens with zero attached hydrogens (tertiary/aromatic N) is 4. The number of aromatic amines is 1. The summed E-state index contributed by atoms with van der Waals surface area (Å²) in [5, 5.41) is 6.27. The van der Waals surface area contributed by atoms with Crippen LogP contribution in [0.15, 0.2) is 78.3 Å². The van der Waals surface area contributed by atoms with E-state index in [1.165, 1.54) is 4.31 Å². The second kappa shape index (κ2) is 10.2. The summed E-state index contributed by atoms with van der Waals surface area (Å²) in [6.07, 6.45) is 10.9. The Bertz CT molecular complexity index is 1380. The number of anilines is 2. The van der Waals surface area contributed by atoms with Crippen LogP contribution in [0.4, 0.5) is 11.6 Å². The van der Waals surface area contributed by atoms with Crippen LogP contribution in [0.1, 0.15) is 11.1 Å². The predicted molar refractivity (Wildman–Crippen MR) is 136 cm³/mol. The highest BCUT2D eigenvalue weighted by Gasteiger charge is 2.25. The molecule has 10 heteroatoms. The smallest absolute Gasteiger partial charge is 0.243 e. The molecule has 1 saturated heterocycles. The van der Waals surface area contributed by atoms with Crippen LogP contribution in [0.5, 0.6) is 0 Å². The van der Waals surface area contributed by atoms with Crippen LogP contribution in [-0.4, -0.2) is 58.8 Å². The van der Waals surface area contributed by atoms with Crippen LogP contribution in [0.3, 0.4) is 0 Å². The fourth-order valence-electron chi connectivity index (χ4n) is 3.74. The molecule has 0 bridgehead atoms. The molecule has 4 aromatic rings. The SMILES string of the molecule is O=S(=O)(c1ccc(Nc2ncc(/C=C/c3ccc(-c4cnc[nH]4)cc3)cn2)cc1)N1CCNCC1. The van der Waals surface area contributed by atoms with Crippen LogP contribution in [0, 0.1) is 0 Å². The number of aromatic nitrogens is 4. The average molecular weight is 488 g/mol. The van der Waals surface area contributed by atoms with E-state index in [0.717, 1.165) is 22.4 Å². The molecule has 2 aromatic heterocycles. The van der Waals surface area contributed by atoms with Gasteiger partial charge in [0, 0.05) is 49.8 Å². The Kier molecular flexibility index (Phi) is 6.66. The Balaban J connectivity index is 1.20. The van der Waals surface area contributed by atoms with Gasteiger partial charge in [-0.25, -0.2) is 23.4 Å². The van der Waals surface area contributed by atoms with Crippen molar-refractivity contribution in [1.82, 2.24) is 29.6 Å². The lowest BCUT2D eigenvalue weighted by atomic mass is 10.1. The second-order valence-electron chi connectivity index (χ2n) is 8.06. The van der Waals surface area contributed by atoms with E-state index in [9.17, 15) is 8.42 Å². The predicted octanol–water partition coefficient (Wildman–Crippen LogP) is 3.37. The minimum absolute atomic E-state index is 0.281. The van der Waals surface area contributed by atoms with Gasteiger partial charge in [-0.15, -0.1) is 0 Å². The number of benzene rings is 2. The van der Waals surface area contributed by atoms with Crippen molar-refractivity contribution in [2.75, 3.05) is 31.5 Å². The number of hydrogen-bond donors (Lipinski definition) is 3. The molecular formula is C25H25N7O2S. The lowest BCUT2D eigenvalue weighted by Crippen LogP contribution is -2.46. The van der Waals surface area contributed by atoms with Crippen LogP contribution in [-0.2, 0) is 10.0 Å². The van der Waals surface area contributed by atoms with E-state index in [0.29, 0.717) is 37.8 Å². The van der Waals surface area contributed by atoms with Gasteiger partial charge >= 0.3 is 0 Å². The third-order valence-corrected chi connectivity index (χ3v) is 7.60. The largest absolute Gasteiger partial charge is 0.345 e. The third-order valence-electron chi connectivity index (χ3n) is 5.68. The fraction of sp³-hybridized carbons (Fsp3) is 0.160. The summed E-state index contributed by atoms with van der Waals surface area (Å²) < 4.78 is 27.1. The first-order chi connectivity index (χ1) is 17.1.